The van der Waals surface area contributed by atoms with Crippen molar-refractivity contribution in [1.29, 1.82) is 0 Å². The summed E-state index contributed by atoms with van der Waals surface area (Å²) in [5, 5.41) is 10.8. The third kappa shape index (κ3) is 2.21. The van der Waals surface area contributed by atoms with Crippen LogP contribution in [0.15, 0.2) is 30.3 Å². The van der Waals surface area contributed by atoms with Crippen LogP contribution in [0.2, 0.25) is 5.15 Å². The van der Waals surface area contributed by atoms with E-state index >= 15 is 0 Å². The molecule has 1 aromatic heterocycles. The van der Waals surface area contributed by atoms with Gasteiger partial charge in [0.25, 0.3) is 0 Å². The number of hydrogen-bond donors (Lipinski definition) is 1. The third-order valence-electron chi connectivity index (χ3n) is 2.81. The zero-order valence-electron chi connectivity index (χ0n) is 9.89. The maximum absolute atomic E-state index is 10.2. The first-order valence-corrected chi connectivity index (χ1v) is 5.98. The SMILES string of the molecule is CCn1c(C)nc([C@@H](O)c2ccccc2)c1Cl. The fourth-order valence-electron chi connectivity index (χ4n) is 1.90. The molecule has 0 aliphatic rings. The minimum Gasteiger partial charge on any atom is -0.382 e. The van der Waals surface area contributed by atoms with Gasteiger partial charge in [-0.2, -0.15) is 0 Å². The van der Waals surface area contributed by atoms with E-state index < -0.39 is 6.10 Å². The maximum atomic E-state index is 10.2. The van der Waals surface area contributed by atoms with Crippen molar-refractivity contribution in [1.82, 2.24) is 9.55 Å². The van der Waals surface area contributed by atoms with Gasteiger partial charge in [0.2, 0.25) is 0 Å². The van der Waals surface area contributed by atoms with Crippen LogP contribution < -0.4 is 0 Å². The van der Waals surface area contributed by atoms with Crippen molar-refractivity contribution in [2.45, 2.75) is 26.5 Å². The van der Waals surface area contributed by atoms with E-state index in [1.807, 2.05) is 48.7 Å². The topological polar surface area (TPSA) is 38.0 Å². The van der Waals surface area contributed by atoms with Crippen LogP contribution in [-0.4, -0.2) is 14.7 Å². The molecular formula is C13H15ClN2O. The van der Waals surface area contributed by atoms with Crippen LogP contribution in [0, 0.1) is 6.92 Å². The van der Waals surface area contributed by atoms with Gasteiger partial charge in [0.15, 0.2) is 0 Å². The summed E-state index contributed by atoms with van der Waals surface area (Å²) in [5.41, 5.74) is 1.33. The molecule has 0 unspecified atom stereocenters. The Balaban J connectivity index is 2.41. The Kier molecular flexibility index (Phi) is 3.50. The Morgan fingerprint density at radius 3 is 2.53 bits per heavy atom. The van der Waals surface area contributed by atoms with Gasteiger partial charge in [0, 0.05) is 6.54 Å². The molecule has 0 fully saturated rings. The lowest BCUT2D eigenvalue weighted by Gasteiger charge is -2.09. The van der Waals surface area contributed by atoms with Gasteiger partial charge in [-0.15, -0.1) is 0 Å². The van der Waals surface area contributed by atoms with Crippen LogP contribution in [0.4, 0.5) is 0 Å². The number of aryl methyl sites for hydroxylation is 1. The molecule has 0 aliphatic carbocycles. The van der Waals surface area contributed by atoms with Gasteiger partial charge in [-0.1, -0.05) is 41.9 Å². The fourth-order valence-corrected chi connectivity index (χ4v) is 2.28. The largest absolute Gasteiger partial charge is 0.382 e. The minimum absolute atomic E-state index is 0.515. The van der Waals surface area contributed by atoms with Crippen molar-refractivity contribution >= 4 is 11.6 Å². The average molecular weight is 251 g/mol. The molecule has 17 heavy (non-hydrogen) atoms. The second-order valence-corrected chi connectivity index (χ2v) is 4.25. The molecule has 0 bridgehead atoms. The first-order chi connectivity index (χ1) is 8.15. The molecule has 1 N–H and O–H groups in total. The van der Waals surface area contributed by atoms with Crippen LogP contribution >= 0.6 is 11.6 Å². The van der Waals surface area contributed by atoms with E-state index in [0.29, 0.717) is 10.8 Å². The van der Waals surface area contributed by atoms with Crippen molar-refractivity contribution in [2.75, 3.05) is 0 Å². The lowest BCUT2D eigenvalue weighted by molar-refractivity contribution is 0.216. The van der Waals surface area contributed by atoms with Gasteiger partial charge in [-0.3, -0.25) is 0 Å². The first kappa shape index (κ1) is 12.1. The van der Waals surface area contributed by atoms with E-state index in [1.54, 1.807) is 0 Å². The molecule has 90 valence electrons. The monoisotopic (exact) mass is 250 g/mol. The number of aliphatic hydroxyl groups excluding tert-OH is 1. The predicted molar refractivity (Wildman–Crippen MR) is 68.2 cm³/mol. The Labute approximate surface area is 106 Å². The number of hydrogen-bond acceptors (Lipinski definition) is 2. The lowest BCUT2D eigenvalue weighted by atomic mass is 10.1. The van der Waals surface area contributed by atoms with Crippen molar-refractivity contribution in [3.63, 3.8) is 0 Å². The highest BCUT2D eigenvalue weighted by Crippen LogP contribution is 2.28. The van der Waals surface area contributed by atoms with Crippen molar-refractivity contribution in [2.24, 2.45) is 0 Å². The van der Waals surface area contributed by atoms with Gasteiger partial charge in [-0.25, -0.2) is 4.98 Å². The molecule has 2 rings (SSSR count). The quantitative estimate of drug-likeness (QED) is 0.910. The van der Waals surface area contributed by atoms with E-state index in [1.165, 1.54) is 0 Å². The van der Waals surface area contributed by atoms with E-state index in [9.17, 15) is 5.11 Å². The molecule has 0 amide bonds. The number of imidazole rings is 1. The van der Waals surface area contributed by atoms with Crippen molar-refractivity contribution < 1.29 is 5.11 Å². The lowest BCUT2D eigenvalue weighted by Crippen LogP contribution is -2.01. The molecular weight excluding hydrogens is 236 g/mol. The molecule has 2 aromatic rings. The summed E-state index contributed by atoms with van der Waals surface area (Å²) < 4.78 is 1.88. The number of aliphatic hydroxyl groups is 1. The molecule has 1 heterocycles. The van der Waals surface area contributed by atoms with Crippen LogP contribution in [0.5, 0.6) is 0 Å². The Hall–Kier alpha value is -1.32. The Morgan fingerprint density at radius 2 is 2.00 bits per heavy atom. The molecule has 0 radical (unpaired) electrons. The summed E-state index contributed by atoms with van der Waals surface area (Å²) in [4.78, 5) is 4.34. The van der Waals surface area contributed by atoms with Crippen LogP contribution in [0.3, 0.4) is 0 Å². The van der Waals surface area contributed by atoms with Crippen LogP contribution in [-0.2, 0) is 6.54 Å². The van der Waals surface area contributed by atoms with Crippen LogP contribution in [0.1, 0.15) is 30.1 Å². The predicted octanol–water partition coefficient (Wildman–Crippen LogP) is 2.95. The van der Waals surface area contributed by atoms with Gasteiger partial charge in [0.1, 0.15) is 22.8 Å². The van der Waals surface area contributed by atoms with Gasteiger partial charge in [-0.05, 0) is 19.4 Å². The fraction of sp³-hybridized carbons (Fsp3) is 0.308. The maximum Gasteiger partial charge on any atom is 0.135 e. The Bertz CT molecular complexity index is 508. The highest BCUT2D eigenvalue weighted by molar-refractivity contribution is 6.30. The standard InChI is InChI=1S/C13H15ClN2O/c1-3-16-9(2)15-11(13(16)14)12(17)10-7-5-4-6-8-10/h4-8,12,17H,3H2,1-2H3/t12-/m0/s1. The summed E-state index contributed by atoms with van der Waals surface area (Å²) in [5.74, 6) is 0.822. The zero-order chi connectivity index (χ0) is 12.4. The van der Waals surface area contributed by atoms with Gasteiger partial charge < -0.3 is 9.67 Å². The summed E-state index contributed by atoms with van der Waals surface area (Å²) in [6.07, 6.45) is -0.768. The molecule has 0 saturated heterocycles. The normalized spacial score (nSPS) is 12.7. The zero-order valence-corrected chi connectivity index (χ0v) is 10.6. The first-order valence-electron chi connectivity index (χ1n) is 5.60. The molecule has 1 aromatic carbocycles. The minimum atomic E-state index is -0.768. The molecule has 1 atom stereocenters. The average Bonchev–Trinajstić information content (AvgIpc) is 2.64. The second-order valence-electron chi connectivity index (χ2n) is 3.89. The highest BCUT2D eigenvalue weighted by Gasteiger charge is 2.20. The van der Waals surface area contributed by atoms with Gasteiger partial charge >= 0.3 is 0 Å². The molecule has 0 aliphatic heterocycles. The summed E-state index contributed by atoms with van der Waals surface area (Å²) in [6.45, 7) is 4.63. The number of aromatic nitrogens is 2. The van der Waals surface area contributed by atoms with Gasteiger partial charge in [0.05, 0.1) is 0 Å². The smallest absolute Gasteiger partial charge is 0.135 e. The Morgan fingerprint density at radius 1 is 1.35 bits per heavy atom. The number of benzene rings is 1. The van der Waals surface area contributed by atoms with E-state index in [4.69, 9.17) is 11.6 Å². The molecule has 0 spiro atoms. The number of halogens is 1. The van der Waals surface area contributed by atoms with E-state index in [0.717, 1.165) is 17.9 Å². The highest BCUT2D eigenvalue weighted by atomic mass is 35.5. The summed E-state index contributed by atoms with van der Waals surface area (Å²) in [6, 6.07) is 9.41. The third-order valence-corrected chi connectivity index (χ3v) is 3.21. The van der Waals surface area contributed by atoms with E-state index in [-0.39, 0.29) is 0 Å². The number of nitrogens with zero attached hydrogens (tertiary/aromatic N) is 2. The van der Waals surface area contributed by atoms with Crippen molar-refractivity contribution in [3.05, 3.63) is 52.6 Å². The summed E-state index contributed by atoms with van der Waals surface area (Å²) >= 11 is 6.21. The number of rotatable bonds is 3. The van der Waals surface area contributed by atoms with Crippen molar-refractivity contribution in [3.8, 4) is 0 Å². The second kappa shape index (κ2) is 4.90. The molecule has 4 heteroatoms. The molecule has 3 nitrogen and oxygen atoms in total. The summed E-state index contributed by atoms with van der Waals surface area (Å²) in [7, 11) is 0. The van der Waals surface area contributed by atoms with E-state index in [2.05, 4.69) is 4.98 Å². The molecule has 0 saturated carbocycles. The van der Waals surface area contributed by atoms with Crippen LogP contribution in [0.25, 0.3) is 0 Å².